The SMILES string of the molecule is CC12CCCC1C1CC=C3CC(SC#N)CCC3(C)C1CC2. The van der Waals surface area contributed by atoms with Gasteiger partial charge < -0.3 is 0 Å². The highest BCUT2D eigenvalue weighted by Crippen LogP contribution is 2.65. The van der Waals surface area contributed by atoms with Crippen LogP contribution >= 0.6 is 11.8 Å². The Morgan fingerprint density at radius 1 is 1.14 bits per heavy atom. The minimum absolute atomic E-state index is 0.458. The molecule has 4 aliphatic rings. The molecule has 3 saturated carbocycles. The molecule has 0 aromatic carbocycles. The monoisotopic (exact) mass is 315 g/mol. The van der Waals surface area contributed by atoms with E-state index in [4.69, 9.17) is 5.26 Å². The van der Waals surface area contributed by atoms with Crippen LogP contribution in [-0.4, -0.2) is 5.25 Å². The first-order valence-corrected chi connectivity index (χ1v) is 10.2. The molecule has 0 saturated heterocycles. The molecule has 0 aromatic heterocycles. The molecule has 0 bridgehead atoms. The fourth-order valence-corrected chi connectivity index (χ4v) is 7.44. The molecule has 0 radical (unpaired) electrons. The Hall–Kier alpha value is -0.420. The van der Waals surface area contributed by atoms with Crippen molar-refractivity contribution in [2.45, 2.75) is 76.9 Å². The minimum atomic E-state index is 0.458. The van der Waals surface area contributed by atoms with E-state index in [9.17, 15) is 0 Å². The quantitative estimate of drug-likeness (QED) is 0.443. The molecule has 0 heterocycles. The molecule has 0 aromatic rings. The first kappa shape index (κ1) is 15.1. The van der Waals surface area contributed by atoms with E-state index in [1.807, 2.05) is 0 Å². The zero-order valence-corrected chi connectivity index (χ0v) is 14.9. The minimum Gasteiger partial charge on any atom is -0.185 e. The molecule has 3 fully saturated rings. The predicted molar refractivity (Wildman–Crippen MR) is 93.3 cm³/mol. The number of hydrogen-bond donors (Lipinski definition) is 0. The molecule has 0 aliphatic heterocycles. The molecule has 120 valence electrons. The van der Waals surface area contributed by atoms with E-state index in [2.05, 4.69) is 25.3 Å². The first-order chi connectivity index (χ1) is 10.6. The standard InChI is InChI=1S/C20H29NS/c1-19-9-3-4-17(19)16-6-5-14-12-15(22-13-21)7-11-20(14,2)18(16)8-10-19/h5,15-18H,3-4,6-12H2,1-2H3. The van der Waals surface area contributed by atoms with Gasteiger partial charge in [0.1, 0.15) is 5.40 Å². The summed E-state index contributed by atoms with van der Waals surface area (Å²) in [5, 5.41) is 11.9. The normalized spacial score (nSPS) is 50.3. The summed E-state index contributed by atoms with van der Waals surface area (Å²) in [5.41, 5.74) is 2.84. The molecule has 6 unspecified atom stereocenters. The lowest BCUT2D eigenvalue weighted by Crippen LogP contribution is -2.49. The van der Waals surface area contributed by atoms with Crippen LogP contribution in [0.5, 0.6) is 0 Å². The van der Waals surface area contributed by atoms with Gasteiger partial charge in [-0.3, -0.25) is 0 Å². The second-order valence-electron chi connectivity index (χ2n) is 8.92. The number of fused-ring (bicyclic) bond motifs is 5. The number of thiocyanates is 1. The van der Waals surface area contributed by atoms with E-state index in [0.717, 1.165) is 17.8 Å². The summed E-state index contributed by atoms with van der Waals surface area (Å²) in [6, 6.07) is 0. The van der Waals surface area contributed by atoms with Crippen LogP contribution in [0.2, 0.25) is 0 Å². The predicted octanol–water partition coefficient (Wildman–Crippen LogP) is 5.92. The highest BCUT2D eigenvalue weighted by atomic mass is 32.2. The smallest absolute Gasteiger partial charge is 0.133 e. The van der Waals surface area contributed by atoms with Gasteiger partial charge in [0.15, 0.2) is 0 Å². The van der Waals surface area contributed by atoms with E-state index in [0.29, 0.717) is 16.1 Å². The van der Waals surface area contributed by atoms with Gasteiger partial charge in [-0.1, -0.05) is 31.9 Å². The third-order valence-electron chi connectivity index (χ3n) is 8.06. The lowest BCUT2D eigenvalue weighted by Gasteiger charge is -2.57. The molecule has 2 heteroatoms. The number of nitriles is 1. The third-order valence-corrected chi connectivity index (χ3v) is 8.90. The van der Waals surface area contributed by atoms with Crippen LogP contribution in [0.4, 0.5) is 0 Å². The largest absolute Gasteiger partial charge is 0.185 e. The van der Waals surface area contributed by atoms with Gasteiger partial charge in [0.2, 0.25) is 0 Å². The Bertz CT molecular complexity index is 532. The van der Waals surface area contributed by atoms with E-state index in [-0.39, 0.29) is 0 Å². The molecule has 1 nitrogen and oxygen atoms in total. The fraction of sp³-hybridized carbons (Fsp3) is 0.850. The Morgan fingerprint density at radius 2 is 2.00 bits per heavy atom. The maximum atomic E-state index is 8.99. The lowest BCUT2D eigenvalue weighted by atomic mass is 9.48. The molecular formula is C20H29NS. The zero-order valence-electron chi connectivity index (χ0n) is 14.1. The molecule has 0 spiro atoms. The van der Waals surface area contributed by atoms with Crippen LogP contribution in [-0.2, 0) is 0 Å². The van der Waals surface area contributed by atoms with E-state index >= 15 is 0 Å². The van der Waals surface area contributed by atoms with Crippen molar-refractivity contribution in [2.24, 2.45) is 28.6 Å². The van der Waals surface area contributed by atoms with Crippen molar-refractivity contribution in [1.29, 1.82) is 5.26 Å². The van der Waals surface area contributed by atoms with Gasteiger partial charge in [0.05, 0.1) is 0 Å². The molecule has 0 N–H and O–H groups in total. The van der Waals surface area contributed by atoms with Crippen molar-refractivity contribution in [2.75, 3.05) is 0 Å². The van der Waals surface area contributed by atoms with E-state index < -0.39 is 0 Å². The van der Waals surface area contributed by atoms with E-state index in [1.54, 1.807) is 5.57 Å². The van der Waals surface area contributed by atoms with Crippen LogP contribution in [0.3, 0.4) is 0 Å². The van der Waals surface area contributed by atoms with Crippen molar-refractivity contribution in [3.63, 3.8) is 0 Å². The highest BCUT2D eigenvalue weighted by molar-refractivity contribution is 8.04. The zero-order chi connectivity index (χ0) is 15.4. The summed E-state index contributed by atoms with van der Waals surface area (Å²) < 4.78 is 0. The molecule has 4 rings (SSSR count). The van der Waals surface area contributed by atoms with Crippen molar-refractivity contribution >= 4 is 11.8 Å². The van der Waals surface area contributed by atoms with Gasteiger partial charge in [0, 0.05) is 5.25 Å². The van der Waals surface area contributed by atoms with Crippen LogP contribution < -0.4 is 0 Å². The summed E-state index contributed by atoms with van der Waals surface area (Å²) in [6.07, 6.45) is 15.1. The number of allylic oxidation sites excluding steroid dienone is 2. The molecular weight excluding hydrogens is 286 g/mol. The molecule has 0 amide bonds. The van der Waals surface area contributed by atoms with Crippen molar-refractivity contribution in [3.05, 3.63) is 11.6 Å². The van der Waals surface area contributed by atoms with Gasteiger partial charge in [-0.25, -0.2) is 0 Å². The van der Waals surface area contributed by atoms with Crippen molar-refractivity contribution in [3.8, 4) is 5.40 Å². The summed E-state index contributed by atoms with van der Waals surface area (Å²) in [5.74, 6) is 2.87. The molecule has 6 atom stereocenters. The second-order valence-corrected chi connectivity index (χ2v) is 10.0. The molecule has 22 heavy (non-hydrogen) atoms. The van der Waals surface area contributed by atoms with Crippen molar-refractivity contribution in [1.82, 2.24) is 0 Å². The summed E-state index contributed by atoms with van der Waals surface area (Å²) in [6.45, 7) is 5.16. The Morgan fingerprint density at radius 3 is 2.82 bits per heavy atom. The van der Waals surface area contributed by atoms with Crippen LogP contribution in [0.25, 0.3) is 0 Å². The van der Waals surface area contributed by atoms with Gasteiger partial charge in [-0.05, 0) is 91.7 Å². The Kier molecular flexibility index (Phi) is 3.65. The maximum Gasteiger partial charge on any atom is 0.133 e. The van der Waals surface area contributed by atoms with Crippen LogP contribution in [0.15, 0.2) is 11.6 Å². The summed E-state index contributed by atoms with van der Waals surface area (Å²) >= 11 is 1.52. The number of thioether (sulfide) groups is 1. The average molecular weight is 316 g/mol. The Labute approximate surface area is 139 Å². The third kappa shape index (κ3) is 2.11. The Balaban J connectivity index is 1.61. The van der Waals surface area contributed by atoms with Gasteiger partial charge in [-0.15, -0.1) is 0 Å². The average Bonchev–Trinajstić information content (AvgIpc) is 2.89. The van der Waals surface area contributed by atoms with Crippen LogP contribution in [0, 0.1) is 39.2 Å². The second kappa shape index (κ2) is 5.30. The first-order valence-electron chi connectivity index (χ1n) is 9.31. The van der Waals surface area contributed by atoms with Crippen molar-refractivity contribution < 1.29 is 0 Å². The summed E-state index contributed by atoms with van der Waals surface area (Å²) in [7, 11) is 0. The van der Waals surface area contributed by atoms with Gasteiger partial charge >= 0.3 is 0 Å². The number of rotatable bonds is 1. The lowest BCUT2D eigenvalue weighted by molar-refractivity contribution is -0.0244. The van der Waals surface area contributed by atoms with E-state index in [1.165, 1.54) is 69.5 Å². The van der Waals surface area contributed by atoms with Crippen LogP contribution in [0.1, 0.15) is 71.6 Å². The van der Waals surface area contributed by atoms with Gasteiger partial charge in [-0.2, -0.15) is 5.26 Å². The molecule has 4 aliphatic carbocycles. The topological polar surface area (TPSA) is 23.8 Å². The summed E-state index contributed by atoms with van der Waals surface area (Å²) in [4.78, 5) is 0. The number of hydrogen-bond acceptors (Lipinski definition) is 2. The number of nitrogens with zero attached hydrogens (tertiary/aromatic N) is 1. The highest BCUT2D eigenvalue weighted by Gasteiger charge is 2.55. The maximum absolute atomic E-state index is 8.99. The fourth-order valence-electron chi connectivity index (χ4n) is 6.80. The van der Waals surface area contributed by atoms with Gasteiger partial charge in [0.25, 0.3) is 0 Å².